The first kappa shape index (κ1) is 14.9. The monoisotopic (exact) mass is 362 g/mol. The van der Waals surface area contributed by atoms with Crippen LogP contribution in [0.1, 0.15) is 25.3 Å². The number of carbonyl (C=O) groups excluding carboxylic acids is 2. The zero-order valence-electron chi connectivity index (χ0n) is 10.1. The molecule has 0 heterocycles. The van der Waals surface area contributed by atoms with Gasteiger partial charge in [0.05, 0.1) is 19.4 Å². The fourth-order valence-electron chi connectivity index (χ4n) is 1.28. The molecular weight excluding hydrogens is 347 g/mol. The van der Waals surface area contributed by atoms with Gasteiger partial charge in [-0.2, -0.15) is 0 Å². The Bertz CT molecular complexity index is 417. The molecule has 0 N–H and O–H groups in total. The molecule has 0 spiro atoms. The standard InChI is InChI=1S/C13H15IO4/c1-2-17-12(15)7-8-13(16)18-9-10-5-3-4-6-11(10)14/h3-6H,2,7-9H2,1H3. The molecule has 1 aromatic rings. The van der Waals surface area contributed by atoms with Crippen LogP contribution in [0.3, 0.4) is 0 Å². The summed E-state index contributed by atoms with van der Waals surface area (Å²) < 4.78 is 10.9. The average molecular weight is 362 g/mol. The van der Waals surface area contributed by atoms with Crippen molar-refractivity contribution in [3.8, 4) is 0 Å². The number of carbonyl (C=O) groups is 2. The Morgan fingerprint density at radius 1 is 1.11 bits per heavy atom. The molecule has 98 valence electrons. The van der Waals surface area contributed by atoms with Crippen molar-refractivity contribution in [2.24, 2.45) is 0 Å². The molecule has 0 saturated heterocycles. The largest absolute Gasteiger partial charge is 0.466 e. The van der Waals surface area contributed by atoms with Gasteiger partial charge in [-0.15, -0.1) is 0 Å². The molecule has 0 unspecified atom stereocenters. The summed E-state index contributed by atoms with van der Waals surface area (Å²) in [5.41, 5.74) is 0.961. The highest BCUT2D eigenvalue weighted by Crippen LogP contribution is 2.12. The van der Waals surface area contributed by atoms with Crippen LogP contribution in [0.2, 0.25) is 0 Å². The number of rotatable bonds is 6. The van der Waals surface area contributed by atoms with E-state index in [1.165, 1.54) is 0 Å². The van der Waals surface area contributed by atoms with Crippen molar-refractivity contribution in [1.82, 2.24) is 0 Å². The first-order chi connectivity index (χ1) is 8.63. The van der Waals surface area contributed by atoms with Gasteiger partial charge in [-0.1, -0.05) is 18.2 Å². The Kier molecular flexibility index (Phi) is 6.70. The minimum Gasteiger partial charge on any atom is -0.466 e. The lowest BCUT2D eigenvalue weighted by molar-refractivity contribution is -0.150. The van der Waals surface area contributed by atoms with Crippen LogP contribution in [0.15, 0.2) is 24.3 Å². The van der Waals surface area contributed by atoms with E-state index in [1.54, 1.807) is 6.92 Å². The molecule has 0 bridgehead atoms. The first-order valence-electron chi connectivity index (χ1n) is 5.68. The molecule has 0 atom stereocenters. The van der Waals surface area contributed by atoms with E-state index in [0.717, 1.165) is 9.13 Å². The van der Waals surface area contributed by atoms with E-state index in [-0.39, 0.29) is 31.4 Å². The molecule has 0 aliphatic heterocycles. The van der Waals surface area contributed by atoms with Crippen molar-refractivity contribution in [3.05, 3.63) is 33.4 Å². The minimum absolute atomic E-state index is 0.0578. The molecule has 0 aliphatic rings. The van der Waals surface area contributed by atoms with Gasteiger partial charge in [-0.05, 0) is 35.6 Å². The highest BCUT2D eigenvalue weighted by Gasteiger charge is 2.09. The van der Waals surface area contributed by atoms with Crippen LogP contribution in [-0.4, -0.2) is 18.5 Å². The Labute approximate surface area is 120 Å². The van der Waals surface area contributed by atoms with Crippen molar-refractivity contribution >= 4 is 34.5 Å². The quantitative estimate of drug-likeness (QED) is 0.577. The average Bonchev–Trinajstić information content (AvgIpc) is 2.36. The van der Waals surface area contributed by atoms with Gasteiger partial charge in [0.25, 0.3) is 0 Å². The number of hydrogen-bond donors (Lipinski definition) is 0. The second kappa shape index (κ2) is 8.07. The summed E-state index contributed by atoms with van der Waals surface area (Å²) in [6, 6.07) is 7.67. The number of ether oxygens (including phenoxy) is 2. The lowest BCUT2D eigenvalue weighted by Gasteiger charge is -2.06. The third kappa shape index (κ3) is 5.48. The molecule has 5 heteroatoms. The van der Waals surface area contributed by atoms with E-state index >= 15 is 0 Å². The molecule has 1 rings (SSSR count). The number of benzene rings is 1. The number of esters is 2. The Hall–Kier alpha value is -1.11. The summed E-state index contributed by atoms with van der Waals surface area (Å²) in [4.78, 5) is 22.4. The topological polar surface area (TPSA) is 52.6 Å². The van der Waals surface area contributed by atoms with Crippen molar-refractivity contribution < 1.29 is 19.1 Å². The van der Waals surface area contributed by atoms with E-state index in [9.17, 15) is 9.59 Å². The molecule has 18 heavy (non-hydrogen) atoms. The van der Waals surface area contributed by atoms with Gasteiger partial charge in [0.1, 0.15) is 6.61 Å². The van der Waals surface area contributed by atoms with Crippen molar-refractivity contribution in [2.45, 2.75) is 26.4 Å². The zero-order valence-corrected chi connectivity index (χ0v) is 12.3. The summed E-state index contributed by atoms with van der Waals surface area (Å²) in [5.74, 6) is -0.758. The minimum atomic E-state index is -0.386. The fourth-order valence-corrected chi connectivity index (χ4v) is 1.83. The van der Waals surface area contributed by atoms with Crippen LogP contribution in [0, 0.1) is 3.57 Å². The summed E-state index contributed by atoms with van der Waals surface area (Å²) >= 11 is 2.18. The van der Waals surface area contributed by atoms with Crippen molar-refractivity contribution in [1.29, 1.82) is 0 Å². The third-order valence-corrected chi connectivity index (χ3v) is 3.24. The predicted octanol–water partition coefficient (Wildman–Crippen LogP) is 2.68. The summed E-state index contributed by atoms with van der Waals surface area (Å²) in [5, 5.41) is 0. The molecule has 1 aromatic carbocycles. The van der Waals surface area contributed by atoms with E-state index in [1.807, 2.05) is 24.3 Å². The molecule has 4 nitrogen and oxygen atoms in total. The summed E-state index contributed by atoms with van der Waals surface area (Å²) in [6.07, 6.45) is 0.126. The second-order valence-electron chi connectivity index (χ2n) is 3.56. The summed E-state index contributed by atoms with van der Waals surface area (Å²) in [7, 11) is 0. The zero-order chi connectivity index (χ0) is 13.4. The molecule has 0 fully saturated rings. The van der Waals surface area contributed by atoms with Gasteiger partial charge in [0.15, 0.2) is 0 Å². The van der Waals surface area contributed by atoms with Crippen LogP contribution in [0.5, 0.6) is 0 Å². The van der Waals surface area contributed by atoms with E-state index < -0.39 is 0 Å². The predicted molar refractivity (Wildman–Crippen MR) is 74.8 cm³/mol. The number of halogens is 1. The lowest BCUT2D eigenvalue weighted by atomic mass is 10.2. The van der Waals surface area contributed by atoms with Crippen LogP contribution < -0.4 is 0 Å². The lowest BCUT2D eigenvalue weighted by Crippen LogP contribution is -2.10. The normalized spacial score (nSPS) is 9.89. The van der Waals surface area contributed by atoms with Gasteiger partial charge in [-0.25, -0.2) is 0 Å². The Morgan fingerprint density at radius 2 is 1.72 bits per heavy atom. The van der Waals surface area contributed by atoms with E-state index in [4.69, 9.17) is 9.47 Å². The van der Waals surface area contributed by atoms with Gasteiger partial charge in [0.2, 0.25) is 0 Å². The van der Waals surface area contributed by atoms with Gasteiger partial charge < -0.3 is 9.47 Å². The molecule has 0 radical (unpaired) electrons. The molecule has 0 aliphatic carbocycles. The summed E-state index contributed by atoms with van der Waals surface area (Å²) in [6.45, 7) is 2.30. The highest BCUT2D eigenvalue weighted by molar-refractivity contribution is 14.1. The molecule has 0 saturated carbocycles. The van der Waals surface area contributed by atoms with E-state index in [2.05, 4.69) is 22.6 Å². The maximum Gasteiger partial charge on any atom is 0.306 e. The maximum atomic E-state index is 11.4. The van der Waals surface area contributed by atoms with Gasteiger partial charge in [0, 0.05) is 9.13 Å². The Morgan fingerprint density at radius 3 is 2.33 bits per heavy atom. The fraction of sp³-hybridized carbons (Fsp3) is 0.385. The smallest absolute Gasteiger partial charge is 0.306 e. The van der Waals surface area contributed by atoms with Crippen LogP contribution in [0.25, 0.3) is 0 Å². The van der Waals surface area contributed by atoms with Crippen LogP contribution in [0.4, 0.5) is 0 Å². The van der Waals surface area contributed by atoms with Crippen molar-refractivity contribution in [3.63, 3.8) is 0 Å². The van der Waals surface area contributed by atoms with Crippen LogP contribution in [-0.2, 0) is 25.7 Å². The van der Waals surface area contributed by atoms with Gasteiger partial charge in [-0.3, -0.25) is 9.59 Å². The maximum absolute atomic E-state index is 11.4. The third-order valence-electron chi connectivity index (χ3n) is 2.19. The molecule has 0 amide bonds. The molecular formula is C13H15IO4. The van der Waals surface area contributed by atoms with Crippen LogP contribution >= 0.6 is 22.6 Å². The Balaban J connectivity index is 2.29. The van der Waals surface area contributed by atoms with Gasteiger partial charge >= 0.3 is 11.9 Å². The highest BCUT2D eigenvalue weighted by atomic mass is 127. The van der Waals surface area contributed by atoms with E-state index in [0.29, 0.717) is 6.61 Å². The molecule has 0 aromatic heterocycles. The first-order valence-corrected chi connectivity index (χ1v) is 6.76. The number of hydrogen-bond acceptors (Lipinski definition) is 4. The van der Waals surface area contributed by atoms with Crippen molar-refractivity contribution in [2.75, 3.05) is 6.61 Å². The second-order valence-corrected chi connectivity index (χ2v) is 4.72. The SMILES string of the molecule is CCOC(=O)CCC(=O)OCc1ccccc1I.